The molecule has 0 amide bonds. The van der Waals surface area contributed by atoms with Crippen LogP contribution in [0.4, 0.5) is 5.82 Å². The number of aromatic nitrogens is 3. The molecule has 0 saturated heterocycles. The Labute approximate surface area is 123 Å². The Kier molecular flexibility index (Phi) is 3.35. The summed E-state index contributed by atoms with van der Waals surface area (Å²) in [4.78, 5) is 9.51. The van der Waals surface area contributed by atoms with Crippen LogP contribution >= 0.6 is 27.3 Å². The predicted octanol–water partition coefficient (Wildman–Crippen LogP) is 3.40. The minimum atomic E-state index is 0.518. The monoisotopic (exact) mass is 334 g/mol. The van der Waals surface area contributed by atoms with Crippen molar-refractivity contribution in [1.82, 2.24) is 14.5 Å². The Hall–Kier alpha value is -1.66. The van der Waals surface area contributed by atoms with Gasteiger partial charge in [-0.25, -0.2) is 9.97 Å². The first-order valence-corrected chi connectivity index (χ1v) is 7.29. The number of thiophene rings is 1. The zero-order valence-corrected chi connectivity index (χ0v) is 12.4. The van der Waals surface area contributed by atoms with E-state index in [4.69, 9.17) is 5.73 Å². The molecule has 96 valence electrons. The fourth-order valence-corrected chi connectivity index (χ4v) is 3.38. The van der Waals surface area contributed by atoms with E-state index in [9.17, 15) is 0 Å². The molecule has 0 spiro atoms. The number of anilines is 1. The Morgan fingerprint density at radius 1 is 1.32 bits per heavy atom. The first-order chi connectivity index (χ1) is 9.22. The molecule has 6 heteroatoms. The molecule has 4 nitrogen and oxygen atoms in total. The predicted molar refractivity (Wildman–Crippen MR) is 81.0 cm³/mol. The second-order valence-corrected chi connectivity index (χ2v) is 6.63. The Bertz CT molecular complexity index is 704. The highest BCUT2D eigenvalue weighted by Gasteiger charge is 2.07. The van der Waals surface area contributed by atoms with Crippen LogP contribution in [0, 0.1) is 0 Å². The molecule has 3 rings (SSSR count). The molecule has 0 unspecified atom stereocenters. The van der Waals surface area contributed by atoms with Crippen molar-refractivity contribution >= 4 is 33.1 Å². The van der Waals surface area contributed by atoms with E-state index < -0.39 is 0 Å². The lowest BCUT2D eigenvalue weighted by Gasteiger charge is -2.07. The first kappa shape index (κ1) is 12.4. The number of imidazole rings is 1. The van der Waals surface area contributed by atoms with Gasteiger partial charge < -0.3 is 10.3 Å². The normalized spacial score (nSPS) is 10.8. The molecule has 2 N–H and O–H groups in total. The van der Waals surface area contributed by atoms with Crippen LogP contribution in [0.3, 0.4) is 0 Å². The second-order valence-electron chi connectivity index (χ2n) is 4.08. The van der Waals surface area contributed by atoms with Gasteiger partial charge in [0, 0.05) is 16.6 Å². The summed E-state index contributed by atoms with van der Waals surface area (Å²) in [5, 5.41) is 0. The Morgan fingerprint density at radius 3 is 2.95 bits per heavy atom. The van der Waals surface area contributed by atoms with Gasteiger partial charge in [0.05, 0.1) is 28.5 Å². The maximum Gasteiger partial charge on any atom is 0.123 e. The molecule has 0 aliphatic carbocycles. The van der Waals surface area contributed by atoms with E-state index in [0.717, 1.165) is 21.6 Å². The standard InChI is InChI=1S/C13H11BrN4S/c14-12-2-1-10(19-12)7-18-8-16-6-11(18)9-3-4-17-13(15)5-9/h1-6,8H,7H2,(H2,15,17). The highest BCUT2D eigenvalue weighted by molar-refractivity contribution is 9.11. The third-order valence-electron chi connectivity index (χ3n) is 2.74. The van der Waals surface area contributed by atoms with Crippen LogP contribution in [0.1, 0.15) is 4.88 Å². The summed E-state index contributed by atoms with van der Waals surface area (Å²) in [5.74, 6) is 0.518. The summed E-state index contributed by atoms with van der Waals surface area (Å²) in [5.41, 5.74) is 7.79. The molecule has 0 bridgehead atoms. The van der Waals surface area contributed by atoms with Crippen molar-refractivity contribution in [3.8, 4) is 11.3 Å². The number of nitrogens with zero attached hydrogens (tertiary/aromatic N) is 3. The average molecular weight is 335 g/mol. The van der Waals surface area contributed by atoms with E-state index in [1.165, 1.54) is 4.88 Å². The molecule has 3 aromatic heterocycles. The largest absolute Gasteiger partial charge is 0.384 e. The van der Waals surface area contributed by atoms with Crippen LogP contribution in [0.15, 0.2) is 46.8 Å². The van der Waals surface area contributed by atoms with Crippen molar-refractivity contribution in [3.05, 3.63) is 51.7 Å². The third kappa shape index (κ3) is 2.69. The molecular formula is C13H11BrN4S. The summed E-state index contributed by atoms with van der Waals surface area (Å²) in [6, 6.07) is 7.96. The fourth-order valence-electron chi connectivity index (χ4n) is 1.90. The minimum absolute atomic E-state index is 0.518. The highest BCUT2D eigenvalue weighted by atomic mass is 79.9. The number of pyridine rings is 1. The van der Waals surface area contributed by atoms with Crippen LogP contribution in [-0.4, -0.2) is 14.5 Å². The molecule has 0 radical (unpaired) electrons. The van der Waals surface area contributed by atoms with E-state index >= 15 is 0 Å². The minimum Gasteiger partial charge on any atom is -0.384 e. The number of hydrogen-bond donors (Lipinski definition) is 1. The second kappa shape index (κ2) is 5.14. The lowest BCUT2D eigenvalue weighted by atomic mass is 10.2. The first-order valence-electron chi connectivity index (χ1n) is 5.68. The van der Waals surface area contributed by atoms with Gasteiger partial charge in [-0.05, 0) is 40.2 Å². The van der Waals surface area contributed by atoms with Crippen LogP contribution in [0.2, 0.25) is 0 Å². The lowest BCUT2D eigenvalue weighted by Crippen LogP contribution is -1.99. The summed E-state index contributed by atoms with van der Waals surface area (Å²) < 4.78 is 3.24. The number of nitrogens with two attached hydrogens (primary N) is 1. The molecule has 3 heterocycles. The van der Waals surface area contributed by atoms with Gasteiger partial charge in [0.2, 0.25) is 0 Å². The molecule has 19 heavy (non-hydrogen) atoms. The quantitative estimate of drug-likeness (QED) is 0.798. The van der Waals surface area contributed by atoms with Crippen molar-refractivity contribution < 1.29 is 0 Å². The number of hydrogen-bond acceptors (Lipinski definition) is 4. The van der Waals surface area contributed by atoms with Crippen molar-refractivity contribution in [2.75, 3.05) is 5.73 Å². The number of rotatable bonds is 3. The van der Waals surface area contributed by atoms with Crippen LogP contribution in [0.5, 0.6) is 0 Å². The zero-order chi connectivity index (χ0) is 13.2. The van der Waals surface area contributed by atoms with Crippen molar-refractivity contribution in [1.29, 1.82) is 0 Å². The van der Waals surface area contributed by atoms with Gasteiger partial charge in [0.1, 0.15) is 5.82 Å². The lowest BCUT2D eigenvalue weighted by molar-refractivity contribution is 0.817. The van der Waals surface area contributed by atoms with E-state index in [1.807, 2.05) is 24.7 Å². The summed E-state index contributed by atoms with van der Waals surface area (Å²) in [6.07, 6.45) is 5.39. The molecule has 0 saturated carbocycles. The van der Waals surface area contributed by atoms with Gasteiger partial charge in [-0.1, -0.05) is 0 Å². The summed E-state index contributed by atoms with van der Waals surface area (Å²) >= 11 is 5.20. The average Bonchev–Trinajstić information content (AvgIpc) is 2.99. The molecule has 0 aliphatic rings. The van der Waals surface area contributed by atoms with Crippen LogP contribution in [-0.2, 0) is 6.54 Å². The van der Waals surface area contributed by atoms with Crippen LogP contribution < -0.4 is 5.73 Å². The molecule has 3 aromatic rings. The Morgan fingerprint density at radius 2 is 2.21 bits per heavy atom. The topological polar surface area (TPSA) is 56.7 Å². The zero-order valence-electron chi connectivity index (χ0n) is 9.95. The molecule has 0 aliphatic heterocycles. The van der Waals surface area contributed by atoms with Crippen molar-refractivity contribution in [3.63, 3.8) is 0 Å². The molecule has 0 atom stereocenters. The number of halogens is 1. The van der Waals surface area contributed by atoms with E-state index in [1.54, 1.807) is 17.5 Å². The molecule has 0 aromatic carbocycles. The third-order valence-corrected chi connectivity index (χ3v) is 4.35. The smallest absolute Gasteiger partial charge is 0.123 e. The maximum absolute atomic E-state index is 5.73. The van der Waals surface area contributed by atoms with Gasteiger partial charge in [-0.3, -0.25) is 0 Å². The Balaban J connectivity index is 1.94. The highest BCUT2D eigenvalue weighted by Crippen LogP contribution is 2.25. The molecular weight excluding hydrogens is 324 g/mol. The fraction of sp³-hybridized carbons (Fsp3) is 0.0769. The number of nitrogen functional groups attached to an aromatic ring is 1. The van der Waals surface area contributed by atoms with Gasteiger partial charge in [0.25, 0.3) is 0 Å². The molecule has 0 fully saturated rings. The van der Waals surface area contributed by atoms with Gasteiger partial charge in [-0.15, -0.1) is 11.3 Å². The van der Waals surface area contributed by atoms with Gasteiger partial charge >= 0.3 is 0 Å². The van der Waals surface area contributed by atoms with Crippen molar-refractivity contribution in [2.45, 2.75) is 6.54 Å². The van der Waals surface area contributed by atoms with Crippen LogP contribution in [0.25, 0.3) is 11.3 Å². The van der Waals surface area contributed by atoms with E-state index in [2.05, 4.69) is 42.6 Å². The van der Waals surface area contributed by atoms with Crippen molar-refractivity contribution in [2.24, 2.45) is 0 Å². The van der Waals surface area contributed by atoms with E-state index in [-0.39, 0.29) is 0 Å². The summed E-state index contributed by atoms with van der Waals surface area (Å²) in [7, 11) is 0. The SMILES string of the molecule is Nc1cc(-c2cncn2Cc2ccc(Br)s2)ccn1. The van der Waals surface area contributed by atoms with Gasteiger partial charge in [-0.2, -0.15) is 0 Å². The van der Waals surface area contributed by atoms with E-state index in [0.29, 0.717) is 5.82 Å². The summed E-state index contributed by atoms with van der Waals surface area (Å²) in [6.45, 7) is 0.799. The van der Waals surface area contributed by atoms with Gasteiger partial charge in [0.15, 0.2) is 0 Å². The maximum atomic E-state index is 5.73.